The number of aromatic nitrogens is 4. The first kappa shape index (κ1) is 21.5. The van der Waals surface area contributed by atoms with Crippen LogP contribution in [0.2, 0.25) is 0 Å². The molecule has 0 unspecified atom stereocenters. The molecule has 0 aliphatic carbocycles. The van der Waals surface area contributed by atoms with E-state index in [4.69, 9.17) is 14.2 Å². The monoisotopic (exact) mass is 427 g/mol. The normalized spacial score (nSPS) is 14.5. The van der Waals surface area contributed by atoms with Gasteiger partial charge in [0.15, 0.2) is 5.65 Å². The third-order valence-electron chi connectivity index (χ3n) is 5.32. The smallest absolute Gasteiger partial charge is 0.328 e. The molecule has 0 bridgehead atoms. The summed E-state index contributed by atoms with van der Waals surface area (Å²) < 4.78 is 17.5. The number of benzene rings is 1. The van der Waals surface area contributed by atoms with Gasteiger partial charge in [0.25, 0.3) is 0 Å². The van der Waals surface area contributed by atoms with E-state index in [1.807, 2.05) is 12.1 Å². The molecule has 166 valence electrons. The number of nitrogens with one attached hydrogen (secondary N) is 1. The van der Waals surface area contributed by atoms with Crippen molar-refractivity contribution in [3.05, 3.63) is 52.1 Å². The first-order valence-electron chi connectivity index (χ1n) is 10.7. The van der Waals surface area contributed by atoms with Crippen LogP contribution in [-0.2, 0) is 22.6 Å². The van der Waals surface area contributed by atoms with Gasteiger partial charge >= 0.3 is 11.7 Å². The standard InChI is InChI=1S/C22H29N5O4/c1-29-9-10-30-11-12-31-21-23-14-19-20(25-21)27(22(28)24-19)16-18-6-4-5-17(13-18)15-26-7-2-3-8-26/h4-6,13-14H,2-3,7-12,15-16H2,1H3,(H,24,28). The van der Waals surface area contributed by atoms with Crippen LogP contribution in [0.15, 0.2) is 35.3 Å². The van der Waals surface area contributed by atoms with Crippen molar-refractivity contribution < 1.29 is 14.2 Å². The number of hydrogen-bond donors (Lipinski definition) is 1. The number of likely N-dealkylation sites (tertiary alicyclic amines) is 1. The molecular weight excluding hydrogens is 398 g/mol. The predicted molar refractivity (Wildman–Crippen MR) is 116 cm³/mol. The van der Waals surface area contributed by atoms with Gasteiger partial charge in [0.2, 0.25) is 0 Å². The lowest BCUT2D eigenvalue weighted by molar-refractivity contribution is 0.0529. The maximum absolute atomic E-state index is 12.5. The lowest BCUT2D eigenvalue weighted by atomic mass is 10.1. The minimum Gasteiger partial charge on any atom is -0.461 e. The average molecular weight is 428 g/mol. The van der Waals surface area contributed by atoms with Gasteiger partial charge in [0.1, 0.15) is 12.1 Å². The fourth-order valence-corrected chi connectivity index (χ4v) is 3.79. The Kier molecular flexibility index (Phi) is 7.29. The molecule has 0 spiro atoms. The summed E-state index contributed by atoms with van der Waals surface area (Å²) >= 11 is 0. The van der Waals surface area contributed by atoms with Gasteiger partial charge in [-0.2, -0.15) is 4.98 Å². The van der Waals surface area contributed by atoms with E-state index in [9.17, 15) is 4.79 Å². The highest BCUT2D eigenvalue weighted by Crippen LogP contribution is 2.16. The van der Waals surface area contributed by atoms with Gasteiger partial charge < -0.3 is 19.2 Å². The van der Waals surface area contributed by atoms with Crippen molar-refractivity contribution in [3.63, 3.8) is 0 Å². The minimum atomic E-state index is -0.214. The lowest BCUT2D eigenvalue weighted by Gasteiger charge is -2.15. The molecule has 0 atom stereocenters. The van der Waals surface area contributed by atoms with E-state index in [2.05, 4.69) is 32.0 Å². The van der Waals surface area contributed by atoms with Gasteiger partial charge in [-0.25, -0.2) is 9.78 Å². The Morgan fingerprint density at radius 3 is 2.65 bits per heavy atom. The van der Waals surface area contributed by atoms with Crippen LogP contribution in [0.3, 0.4) is 0 Å². The maximum atomic E-state index is 12.5. The average Bonchev–Trinajstić information content (AvgIpc) is 3.39. The highest BCUT2D eigenvalue weighted by molar-refractivity contribution is 5.69. The number of fused-ring (bicyclic) bond motifs is 1. The third-order valence-corrected chi connectivity index (χ3v) is 5.32. The minimum absolute atomic E-state index is 0.214. The number of methoxy groups -OCH3 is 1. The molecule has 1 N–H and O–H groups in total. The molecule has 2 aromatic heterocycles. The van der Waals surface area contributed by atoms with Crippen LogP contribution in [-0.4, -0.2) is 71.0 Å². The zero-order valence-corrected chi connectivity index (χ0v) is 17.9. The van der Waals surface area contributed by atoms with E-state index in [1.54, 1.807) is 17.9 Å². The first-order chi connectivity index (χ1) is 15.2. The van der Waals surface area contributed by atoms with Crippen LogP contribution in [0.4, 0.5) is 0 Å². The Morgan fingerprint density at radius 2 is 1.84 bits per heavy atom. The second-order valence-electron chi connectivity index (χ2n) is 7.66. The number of H-pyrrole nitrogens is 1. The Bertz CT molecular complexity index is 1040. The lowest BCUT2D eigenvalue weighted by Crippen LogP contribution is -2.19. The van der Waals surface area contributed by atoms with E-state index in [0.717, 1.165) is 25.2 Å². The Labute approximate surface area is 181 Å². The van der Waals surface area contributed by atoms with Crippen LogP contribution < -0.4 is 10.4 Å². The largest absolute Gasteiger partial charge is 0.461 e. The zero-order chi connectivity index (χ0) is 21.5. The molecule has 0 amide bonds. The molecule has 31 heavy (non-hydrogen) atoms. The SMILES string of the molecule is COCCOCCOc1ncc2[nH]c(=O)n(Cc3cccc(CN4CCCC4)c3)c2n1. The fourth-order valence-electron chi connectivity index (χ4n) is 3.79. The van der Waals surface area contributed by atoms with Gasteiger partial charge in [0.05, 0.1) is 32.6 Å². The van der Waals surface area contributed by atoms with E-state index in [1.165, 1.54) is 18.4 Å². The summed E-state index contributed by atoms with van der Waals surface area (Å²) in [6, 6.07) is 8.61. The summed E-state index contributed by atoms with van der Waals surface area (Å²) in [6.45, 7) is 5.47. The van der Waals surface area contributed by atoms with Gasteiger partial charge in [0, 0.05) is 13.7 Å². The molecule has 0 radical (unpaired) electrons. The summed E-state index contributed by atoms with van der Waals surface area (Å²) in [5.74, 6) is 0. The summed E-state index contributed by atoms with van der Waals surface area (Å²) in [5.41, 5.74) is 3.23. The van der Waals surface area contributed by atoms with Crippen LogP contribution in [0.5, 0.6) is 6.01 Å². The Morgan fingerprint density at radius 1 is 1.06 bits per heavy atom. The number of rotatable bonds is 11. The van der Waals surface area contributed by atoms with E-state index < -0.39 is 0 Å². The van der Waals surface area contributed by atoms with Crippen molar-refractivity contribution in [2.45, 2.75) is 25.9 Å². The van der Waals surface area contributed by atoms with Crippen molar-refractivity contribution in [1.29, 1.82) is 0 Å². The fraction of sp³-hybridized carbons (Fsp3) is 0.500. The first-order valence-corrected chi connectivity index (χ1v) is 10.7. The molecule has 9 heteroatoms. The molecule has 1 saturated heterocycles. The van der Waals surface area contributed by atoms with Crippen LogP contribution in [0.1, 0.15) is 24.0 Å². The van der Waals surface area contributed by atoms with Crippen molar-refractivity contribution in [2.24, 2.45) is 0 Å². The van der Waals surface area contributed by atoms with E-state index >= 15 is 0 Å². The predicted octanol–water partition coefficient (Wildman–Crippen LogP) is 1.81. The molecule has 3 heterocycles. The van der Waals surface area contributed by atoms with Crippen LogP contribution in [0, 0.1) is 0 Å². The molecule has 3 aromatic rings. The van der Waals surface area contributed by atoms with Crippen molar-refractivity contribution in [1.82, 2.24) is 24.4 Å². The molecule has 1 aliphatic heterocycles. The second-order valence-corrected chi connectivity index (χ2v) is 7.66. The van der Waals surface area contributed by atoms with Gasteiger partial charge in [-0.1, -0.05) is 24.3 Å². The molecule has 1 aliphatic rings. The second kappa shape index (κ2) is 10.5. The third kappa shape index (κ3) is 5.69. The van der Waals surface area contributed by atoms with Gasteiger partial charge in [-0.15, -0.1) is 0 Å². The summed E-state index contributed by atoms with van der Waals surface area (Å²) in [6.07, 6.45) is 4.12. The van der Waals surface area contributed by atoms with E-state index in [0.29, 0.717) is 44.1 Å². The van der Waals surface area contributed by atoms with E-state index in [-0.39, 0.29) is 11.7 Å². The number of ether oxygens (including phenoxy) is 3. The zero-order valence-electron chi connectivity index (χ0n) is 17.9. The number of hydrogen-bond acceptors (Lipinski definition) is 7. The van der Waals surface area contributed by atoms with Crippen LogP contribution in [0.25, 0.3) is 11.2 Å². The Hall–Kier alpha value is -2.75. The quantitative estimate of drug-likeness (QED) is 0.466. The number of imidazole rings is 1. The highest BCUT2D eigenvalue weighted by Gasteiger charge is 2.14. The molecule has 9 nitrogen and oxygen atoms in total. The summed E-state index contributed by atoms with van der Waals surface area (Å²) in [4.78, 5) is 26.4. The number of nitrogens with zero attached hydrogens (tertiary/aromatic N) is 4. The number of aromatic amines is 1. The van der Waals surface area contributed by atoms with Crippen molar-refractivity contribution >= 4 is 11.2 Å². The van der Waals surface area contributed by atoms with Crippen molar-refractivity contribution in [2.75, 3.05) is 46.6 Å². The Balaban J connectivity index is 1.44. The molecule has 1 aromatic carbocycles. The van der Waals surface area contributed by atoms with Gasteiger partial charge in [-0.3, -0.25) is 9.47 Å². The summed E-state index contributed by atoms with van der Waals surface area (Å²) in [5, 5.41) is 0. The topological polar surface area (TPSA) is 94.5 Å². The van der Waals surface area contributed by atoms with Crippen LogP contribution >= 0.6 is 0 Å². The molecule has 0 saturated carbocycles. The molecule has 4 rings (SSSR count). The summed E-state index contributed by atoms with van der Waals surface area (Å²) in [7, 11) is 1.63. The van der Waals surface area contributed by atoms with Gasteiger partial charge in [-0.05, 0) is 37.1 Å². The maximum Gasteiger partial charge on any atom is 0.328 e. The molecular formula is C22H29N5O4. The van der Waals surface area contributed by atoms with Crippen molar-refractivity contribution in [3.8, 4) is 6.01 Å². The molecule has 1 fully saturated rings. The highest BCUT2D eigenvalue weighted by atomic mass is 16.5.